The maximum atomic E-state index is 5.20. The van der Waals surface area contributed by atoms with Gasteiger partial charge in [0.1, 0.15) is 0 Å². The predicted molar refractivity (Wildman–Crippen MR) is 281 cm³/mol. The molecule has 5 heteroatoms. The first-order valence-corrected chi connectivity index (χ1v) is 23.6. The Hall–Kier alpha value is -9.19. The van der Waals surface area contributed by atoms with Crippen molar-refractivity contribution in [2.75, 3.05) is 0 Å². The minimum absolute atomic E-state index is 0.638. The minimum atomic E-state index is -0.656. The molecule has 0 atom stereocenters. The van der Waals surface area contributed by atoms with E-state index in [2.05, 4.69) is 209 Å². The molecule has 0 saturated heterocycles. The van der Waals surface area contributed by atoms with E-state index < -0.39 is 5.41 Å². The Balaban J connectivity index is 1.05. The van der Waals surface area contributed by atoms with E-state index in [-0.39, 0.29) is 0 Å². The fraction of sp³-hybridized carbons (Fsp3) is 0.0156. The zero-order valence-corrected chi connectivity index (χ0v) is 37.3. The van der Waals surface area contributed by atoms with Crippen molar-refractivity contribution in [2.45, 2.75) is 5.41 Å². The van der Waals surface area contributed by atoms with Gasteiger partial charge in [-0.1, -0.05) is 170 Å². The lowest BCUT2D eigenvalue weighted by Crippen LogP contribution is -2.26. The van der Waals surface area contributed by atoms with Gasteiger partial charge in [-0.2, -0.15) is 0 Å². The van der Waals surface area contributed by atoms with Gasteiger partial charge >= 0.3 is 0 Å². The number of aromatic nitrogens is 5. The monoisotopic (exact) mass is 877 g/mol. The van der Waals surface area contributed by atoms with Crippen LogP contribution in [-0.2, 0) is 5.41 Å². The van der Waals surface area contributed by atoms with Crippen LogP contribution >= 0.6 is 0 Å². The highest BCUT2D eigenvalue weighted by molar-refractivity contribution is 6.15. The van der Waals surface area contributed by atoms with Crippen LogP contribution in [0.25, 0.3) is 111 Å². The van der Waals surface area contributed by atoms with Gasteiger partial charge in [0.25, 0.3) is 0 Å². The molecule has 3 aromatic heterocycles. The SMILES string of the molecule is c1ccc(-c2nc(-c3ccccc3)nc(-c3ccc4c(c3)-c3ccccc3C43c4cc5c(cc4-c4cc6c7ccccc7n(-c7ccccc7)c6cc43)c3ccccc3n5-c3ccccc3)n2)cc1. The van der Waals surface area contributed by atoms with Crippen molar-refractivity contribution in [1.82, 2.24) is 24.1 Å². The Labute approximate surface area is 397 Å². The summed E-state index contributed by atoms with van der Waals surface area (Å²) in [5.41, 5.74) is 19.2. The molecule has 0 saturated carbocycles. The summed E-state index contributed by atoms with van der Waals surface area (Å²) in [5.74, 6) is 1.93. The average Bonchev–Trinajstić information content (AvgIpc) is 4.11. The van der Waals surface area contributed by atoms with Crippen LogP contribution in [0.3, 0.4) is 0 Å². The van der Waals surface area contributed by atoms with Crippen molar-refractivity contribution >= 4 is 43.6 Å². The normalized spacial score (nSPS) is 13.0. The Morgan fingerprint density at radius 3 is 1.19 bits per heavy atom. The van der Waals surface area contributed by atoms with Crippen molar-refractivity contribution < 1.29 is 0 Å². The molecule has 0 bridgehead atoms. The molecule has 69 heavy (non-hydrogen) atoms. The van der Waals surface area contributed by atoms with Crippen LogP contribution < -0.4 is 0 Å². The van der Waals surface area contributed by atoms with Gasteiger partial charge in [0.2, 0.25) is 0 Å². The zero-order chi connectivity index (χ0) is 45.2. The Morgan fingerprint density at radius 1 is 0.261 bits per heavy atom. The van der Waals surface area contributed by atoms with Crippen LogP contribution in [0.5, 0.6) is 0 Å². The molecule has 0 radical (unpaired) electrons. The molecule has 0 N–H and O–H groups in total. The molecule has 0 fully saturated rings. The third kappa shape index (κ3) is 5.32. The third-order valence-electron chi connectivity index (χ3n) is 14.8. The number of fused-ring (bicyclic) bond motifs is 16. The zero-order valence-electron chi connectivity index (χ0n) is 37.3. The van der Waals surface area contributed by atoms with Crippen LogP contribution in [0.1, 0.15) is 22.3 Å². The van der Waals surface area contributed by atoms with Crippen molar-refractivity contribution in [3.8, 4) is 67.8 Å². The lowest BCUT2D eigenvalue weighted by atomic mass is 9.70. The highest BCUT2D eigenvalue weighted by Crippen LogP contribution is 2.64. The van der Waals surface area contributed by atoms with E-state index in [1.165, 1.54) is 88.1 Å². The van der Waals surface area contributed by atoms with Crippen molar-refractivity contribution in [1.29, 1.82) is 0 Å². The molecular formula is C64H39N5. The van der Waals surface area contributed by atoms with Crippen molar-refractivity contribution in [3.63, 3.8) is 0 Å². The number of nitrogens with zero attached hydrogens (tertiary/aromatic N) is 5. The van der Waals surface area contributed by atoms with E-state index in [1.54, 1.807) is 0 Å². The smallest absolute Gasteiger partial charge is 0.164 e. The van der Waals surface area contributed by atoms with Gasteiger partial charge in [0.15, 0.2) is 17.5 Å². The van der Waals surface area contributed by atoms with Crippen LogP contribution in [-0.4, -0.2) is 24.1 Å². The lowest BCUT2D eigenvalue weighted by Gasteiger charge is -2.31. The molecule has 320 valence electrons. The largest absolute Gasteiger partial charge is 0.309 e. The lowest BCUT2D eigenvalue weighted by molar-refractivity contribution is 0.795. The van der Waals surface area contributed by atoms with Gasteiger partial charge < -0.3 is 9.13 Å². The van der Waals surface area contributed by atoms with Gasteiger partial charge in [-0.3, -0.25) is 0 Å². The molecule has 2 aliphatic rings. The summed E-state index contributed by atoms with van der Waals surface area (Å²) in [4.78, 5) is 15.4. The quantitative estimate of drug-likeness (QED) is 0.173. The molecular weight excluding hydrogens is 839 g/mol. The van der Waals surface area contributed by atoms with Gasteiger partial charge in [-0.15, -0.1) is 0 Å². The Bertz CT molecular complexity index is 4010. The first kappa shape index (κ1) is 38.0. The van der Waals surface area contributed by atoms with E-state index in [9.17, 15) is 0 Å². The van der Waals surface area contributed by atoms with Crippen LogP contribution in [0.4, 0.5) is 0 Å². The number of para-hydroxylation sites is 4. The fourth-order valence-electron chi connectivity index (χ4n) is 11.9. The molecule has 3 heterocycles. The van der Waals surface area contributed by atoms with E-state index in [0.717, 1.165) is 28.1 Å². The number of benzene rings is 10. The summed E-state index contributed by atoms with van der Waals surface area (Å²) >= 11 is 0. The van der Waals surface area contributed by atoms with E-state index in [1.807, 2.05) is 36.4 Å². The third-order valence-corrected chi connectivity index (χ3v) is 14.8. The maximum Gasteiger partial charge on any atom is 0.164 e. The molecule has 13 aromatic rings. The molecule has 2 aliphatic carbocycles. The van der Waals surface area contributed by atoms with E-state index in [0.29, 0.717) is 17.5 Å². The predicted octanol–water partition coefficient (Wildman–Crippen LogP) is 15.4. The van der Waals surface area contributed by atoms with Crippen LogP contribution in [0, 0.1) is 0 Å². The molecule has 0 amide bonds. The first-order valence-electron chi connectivity index (χ1n) is 23.6. The standard InChI is InChI=1S/C64H39N5/c1-5-19-40(20-6-1)61-65-62(41-21-7-2-8-22-41)67-63(66-61)42-33-34-54-48(35-42)45-27-13-16-30-53(45)64(54)55-38-59-51(46-28-14-17-31-57(46)68(59)43-23-9-3-10-24-43)36-49(55)50-37-52-47-29-15-18-32-58(47)69(60(52)39-56(50)64)44-25-11-4-12-26-44/h1-39H. The van der Waals surface area contributed by atoms with Gasteiger partial charge in [-0.25, -0.2) is 15.0 Å². The second-order valence-corrected chi connectivity index (χ2v) is 18.3. The maximum absolute atomic E-state index is 5.20. The fourth-order valence-corrected chi connectivity index (χ4v) is 11.9. The molecule has 15 rings (SSSR count). The van der Waals surface area contributed by atoms with Gasteiger partial charge in [0.05, 0.1) is 27.5 Å². The van der Waals surface area contributed by atoms with Crippen LogP contribution in [0.2, 0.25) is 0 Å². The van der Waals surface area contributed by atoms with Crippen molar-refractivity contribution in [3.05, 3.63) is 259 Å². The van der Waals surface area contributed by atoms with Crippen molar-refractivity contribution in [2.24, 2.45) is 0 Å². The Kier molecular flexibility index (Phi) is 7.93. The summed E-state index contributed by atoms with van der Waals surface area (Å²) in [6.45, 7) is 0. The summed E-state index contributed by atoms with van der Waals surface area (Å²) in [6, 6.07) is 85.8. The summed E-state index contributed by atoms with van der Waals surface area (Å²) in [5, 5.41) is 4.95. The average molecular weight is 878 g/mol. The van der Waals surface area contributed by atoms with E-state index in [4.69, 9.17) is 15.0 Å². The van der Waals surface area contributed by atoms with Gasteiger partial charge in [-0.05, 0) is 111 Å². The summed E-state index contributed by atoms with van der Waals surface area (Å²) in [6.07, 6.45) is 0. The molecule has 0 aliphatic heterocycles. The number of hydrogen-bond acceptors (Lipinski definition) is 3. The van der Waals surface area contributed by atoms with E-state index >= 15 is 0 Å². The minimum Gasteiger partial charge on any atom is -0.309 e. The number of hydrogen-bond donors (Lipinski definition) is 0. The highest BCUT2D eigenvalue weighted by Gasteiger charge is 2.52. The molecule has 5 nitrogen and oxygen atoms in total. The molecule has 0 unspecified atom stereocenters. The highest BCUT2D eigenvalue weighted by atomic mass is 15.0. The van der Waals surface area contributed by atoms with Gasteiger partial charge in [0, 0.05) is 49.6 Å². The van der Waals surface area contributed by atoms with Crippen LogP contribution in [0.15, 0.2) is 237 Å². The Morgan fingerprint density at radius 2 is 0.667 bits per heavy atom. The number of rotatable bonds is 5. The molecule has 1 spiro atoms. The summed E-state index contributed by atoms with van der Waals surface area (Å²) < 4.78 is 4.91. The second kappa shape index (κ2) is 14.4. The topological polar surface area (TPSA) is 48.5 Å². The molecule has 10 aromatic carbocycles. The second-order valence-electron chi connectivity index (χ2n) is 18.3. The first-order chi connectivity index (χ1) is 34.2. The summed E-state index contributed by atoms with van der Waals surface area (Å²) in [7, 11) is 0.